The lowest BCUT2D eigenvalue weighted by Crippen LogP contribution is -2.48. The Morgan fingerprint density at radius 2 is 1.49 bits per heavy atom. The highest BCUT2D eigenvalue weighted by Gasteiger charge is 2.55. The Labute approximate surface area is 224 Å². The summed E-state index contributed by atoms with van der Waals surface area (Å²) in [6, 6.07) is 17.4. The van der Waals surface area contributed by atoms with Gasteiger partial charge in [-0.2, -0.15) is 0 Å². The average Bonchev–Trinajstić information content (AvgIpc) is 2.95. The molecule has 1 fully saturated rings. The fourth-order valence-corrected chi connectivity index (χ4v) is 5.19. The third kappa shape index (κ3) is 5.69. The van der Waals surface area contributed by atoms with Gasteiger partial charge in [-0.1, -0.05) is 48.5 Å². The van der Waals surface area contributed by atoms with Gasteiger partial charge in [0.2, 0.25) is 6.04 Å². The monoisotopic (exact) mass is 530 g/mol. The first kappa shape index (κ1) is 27.2. The molecule has 3 aromatic rings. The molecule has 39 heavy (non-hydrogen) atoms. The molecule has 0 N–H and O–H groups in total. The smallest absolute Gasteiger partial charge is 0.273 e. The number of rotatable bonds is 9. The molecule has 1 saturated carbocycles. The Morgan fingerprint density at radius 3 is 2.05 bits per heavy atom. The molecule has 10 nitrogen and oxygen atoms in total. The number of Topliss-reactive ketones (excluding diaryl/α,β-unsaturated/α-hetero) is 1. The summed E-state index contributed by atoms with van der Waals surface area (Å²) in [5, 5.41) is 24.5. The number of carbonyl (C=O) groups excluding carboxylic acids is 2. The van der Waals surface area contributed by atoms with E-state index in [1.807, 2.05) is 0 Å². The Bertz CT molecular complexity index is 1420. The van der Waals surface area contributed by atoms with Crippen LogP contribution in [0.5, 0.6) is 11.5 Å². The lowest BCUT2D eigenvalue weighted by atomic mass is 9.64. The predicted molar refractivity (Wildman–Crippen MR) is 143 cm³/mol. The zero-order chi connectivity index (χ0) is 28.1. The molecule has 0 spiro atoms. The van der Waals surface area contributed by atoms with E-state index in [1.54, 1.807) is 48.5 Å². The van der Waals surface area contributed by atoms with Crippen LogP contribution < -0.4 is 9.47 Å². The van der Waals surface area contributed by atoms with Crippen molar-refractivity contribution in [3.05, 3.63) is 116 Å². The van der Waals surface area contributed by atoms with E-state index in [-0.39, 0.29) is 17.7 Å². The van der Waals surface area contributed by atoms with Gasteiger partial charge in [0, 0.05) is 23.0 Å². The van der Waals surface area contributed by atoms with Crippen LogP contribution in [0.2, 0.25) is 0 Å². The summed E-state index contributed by atoms with van der Waals surface area (Å²) in [4.78, 5) is 50.4. The molecule has 1 aliphatic carbocycles. The molecule has 0 saturated heterocycles. The van der Waals surface area contributed by atoms with Crippen LogP contribution in [0.25, 0.3) is 6.08 Å². The molecular formula is C29H26N2O8. The number of ether oxygens (including phenoxy) is 2. The minimum Gasteiger partial charge on any atom is -0.497 e. The molecule has 0 aliphatic heterocycles. The highest BCUT2D eigenvalue weighted by Crippen LogP contribution is 2.47. The zero-order valence-corrected chi connectivity index (χ0v) is 21.3. The van der Waals surface area contributed by atoms with Crippen molar-refractivity contribution in [2.45, 2.75) is 24.3 Å². The zero-order valence-electron chi connectivity index (χ0n) is 21.3. The van der Waals surface area contributed by atoms with Crippen molar-refractivity contribution in [1.29, 1.82) is 0 Å². The fourth-order valence-electron chi connectivity index (χ4n) is 5.19. The predicted octanol–water partition coefficient (Wildman–Crippen LogP) is 5.00. The van der Waals surface area contributed by atoms with Crippen LogP contribution in [0.1, 0.15) is 34.9 Å². The molecular weight excluding hydrogens is 504 g/mol. The van der Waals surface area contributed by atoms with E-state index in [2.05, 4.69) is 0 Å². The molecule has 200 valence electrons. The second kappa shape index (κ2) is 11.7. The summed E-state index contributed by atoms with van der Waals surface area (Å²) < 4.78 is 10.3. The number of allylic oxidation sites excluding steroid dienone is 1. The average molecular weight is 531 g/mol. The lowest BCUT2D eigenvalue weighted by molar-refractivity contribution is -0.533. The van der Waals surface area contributed by atoms with E-state index in [0.717, 1.165) is 0 Å². The molecule has 4 rings (SSSR count). The second-order valence-corrected chi connectivity index (χ2v) is 9.15. The topological polar surface area (TPSA) is 139 Å². The number of nitro groups is 2. The highest BCUT2D eigenvalue weighted by atomic mass is 16.6. The van der Waals surface area contributed by atoms with Gasteiger partial charge < -0.3 is 9.47 Å². The summed E-state index contributed by atoms with van der Waals surface area (Å²) in [7, 11) is 3.01. The number of para-hydroxylation sites is 1. The van der Waals surface area contributed by atoms with Gasteiger partial charge in [0.1, 0.15) is 17.3 Å². The summed E-state index contributed by atoms with van der Waals surface area (Å²) in [6.07, 6.45) is 2.45. The van der Waals surface area contributed by atoms with Crippen molar-refractivity contribution in [1.82, 2.24) is 0 Å². The quantitative estimate of drug-likeness (QED) is 0.163. The maximum atomic E-state index is 13.6. The van der Waals surface area contributed by atoms with E-state index >= 15 is 0 Å². The molecule has 0 heterocycles. The molecule has 3 aromatic carbocycles. The summed E-state index contributed by atoms with van der Waals surface area (Å²) >= 11 is 0. The van der Waals surface area contributed by atoms with Crippen LogP contribution in [0.15, 0.2) is 78.9 Å². The van der Waals surface area contributed by atoms with Gasteiger partial charge in [0.15, 0.2) is 5.78 Å². The van der Waals surface area contributed by atoms with Crippen LogP contribution in [-0.2, 0) is 9.59 Å². The number of carbonyl (C=O) groups is 2. The van der Waals surface area contributed by atoms with E-state index in [1.165, 1.54) is 50.6 Å². The van der Waals surface area contributed by atoms with Crippen molar-refractivity contribution >= 4 is 23.3 Å². The van der Waals surface area contributed by atoms with Crippen molar-refractivity contribution < 1.29 is 28.9 Å². The highest BCUT2D eigenvalue weighted by molar-refractivity contribution is 6.10. The van der Waals surface area contributed by atoms with Crippen LogP contribution in [0.3, 0.4) is 0 Å². The number of benzene rings is 3. The third-order valence-corrected chi connectivity index (χ3v) is 7.05. The number of methoxy groups -OCH3 is 2. The molecule has 1 unspecified atom stereocenters. The molecule has 0 aromatic heterocycles. The van der Waals surface area contributed by atoms with Gasteiger partial charge in [-0.25, -0.2) is 0 Å². The lowest BCUT2D eigenvalue weighted by Gasteiger charge is -2.36. The van der Waals surface area contributed by atoms with E-state index in [4.69, 9.17) is 9.47 Å². The number of hydrogen-bond acceptors (Lipinski definition) is 8. The molecule has 10 heteroatoms. The van der Waals surface area contributed by atoms with Gasteiger partial charge in [-0.15, -0.1) is 0 Å². The minimum atomic E-state index is -1.47. The maximum absolute atomic E-state index is 13.6. The second-order valence-electron chi connectivity index (χ2n) is 9.15. The van der Waals surface area contributed by atoms with Gasteiger partial charge in [-0.05, 0) is 41.5 Å². The Balaban J connectivity index is 1.81. The standard InChI is InChI=1S/C29H26N2O8/c1-38-20-12-7-18(8-13-20)9-16-25(32)28-26(33)17-23(19-10-14-21(39-2)15-11-19)29(31(36)37)27(28)22-5-3-4-6-24(22)30(34)35/h3-16,23,27-29H,17H2,1-2H3/b16-9+/t23-,27+,28?,29+/m1/s1. The normalized spacial score (nSPS) is 20.9. The Kier molecular flexibility index (Phi) is 8.14. The first-order chi connectivity index (χ1) is 18.7. The van der Waals surface area contributed by atoms with Crippen LogP contribution in [0.4, 0.5) is 5.69 Å². The minimum absolute atomic E-state index is 0.0213. The van der Waals surface area contributed by atoms with Gasteiger partial charge in [0.05, 0.1) is 36.9 Å². The van der Waals surface area contributed by atoms with Gasteiger partial charge >= 0.3 is 0 Å². The largest absolute Gasteiger partial charge is 0.497 e. The van der Waals surface area contributed by atoms with Gasteiger partial charge in [0.25, 0.3) is 5.69 Å². The Hall–Kier alpha value is -4.86. The molecule has 1 aliphatic rings. The molecule has 0 amide bonds. The number of nitrogens with zero attached hydrogens (tertiary/aromatic N) is 2. The first-order valence-corrected chi connectivity index (χ1v) is 12.1. The van der Waals surface area contributed by atoms with Crippen LogP contribution in [0, 0.1) is 26.1 Å². The first-order valence-electron chi connectivity index (χ1n) is 12.1. The summed E-state index contributed by atoms with van der Waals surface area (Å²) in [5.41, 5.74) is 0.757. The van der Waals surface area contributed by atoms with Crippen molar-refractivity contribution in [3.8, 4) is 11.5 Å². The fraction of sp³-hybridized carbons (Fsp3) is 0.241. The van der Waals surface area contributed by atoms with Gasteiger partial charge in [-0.3, -0.25) is 29.8 Å². The van der Waals surface area contributed by atoms with E-state index in [9.17, 15) is 29.8 Å². The molecule has 4 atom stereocenters. The molecule has 0 bridgehead atoms. The number of nitro benzene ring substituents is 1. The van der Waals surface area contributed by atoms with Crippen molar-refractivity contribution in [3.63, 3.8) is 0 Å². The SMILES string of the molecule is COc1ccc(/C=C/C(=O)C2C(=O)C[C@H](c3ccc(OC)cc3)[C@H]([N+](=O)[O-])[C@H]2c2ccccc2[N+](=O)[O-])cc1. The van der Waals surface area contributed by atoms with Crippen LogP contribution >= 0.6 is 0 Å². The Morgan fingerprint density at radius 1 is 0.897 bits per heavy atom. The number of hydrogen-bond donors (Lipinski definition) is 0. The molecule has 0 radical (unpaired) electrons. The van der Waals surface area contributed by atoms with E-state index in [0.29, 0.717) is 22.6 Å². The maximum Gasteiger partial charge on any atom is 0.273 e. The summed E-state index contributed by atoms with van der Waals surface area (Å²) in [5.74, 6) is -3.74. The summed E-state index contributed by atoms with van der Waals surface area (Å²) in [6.45, 7) is 0. The van der Waals surface area contributed by atoms with Crippen molar-refractivity contribution in [2.24, 2.45) is 5.92 Å². The van der Waals surface area contributed by atoms with E-state index < -0.39 is 45.2 Å². The van der Waals surface area contributed by atoms with Crippen LogP contribution in [-0.4, -0.2) is 41.7 Å². The third-order valence-electron chi connectivity index (χ3n) is 7.05. The number of ketones is 2. The van der Waals surface area contributed by atoms with Crippen molar-refractivity contribution in [2.75, 3.05) is 14.2 Å².